The largest absolute Gasteiger partial charge is 0.390 e. The lowest BCUT2D eigenvalue weighted by Gasteiger charge is -1.95. The van der Waals surface area contributed by atoms with Crippen LogP contribution in [0.4, 0.5) is 4.39 Å². The van der Waals surface area contributed by atoms with Crippen LogP contribution in [0.1, 0.15) is 5.69 Å². The molecule has 2 rings (SSSR count). The molecule has 2 aromatic rings. The fourth-order valence-electron chi connectivity index (χ4n) is 1.44. The van der Waals surface area contributed by atoms with E-state index in [1.54, 1.807) is 29.9 Å². The molecule has 1 heterocycles. The second-order valence-electron chi connectivity index (χ2n) is 3.31. The van der Waals surface area contributed by atoms with Gasteiger partial charge >= 0.3 is 0 Å². The predicted octanol–water partition coefficient (Wildman–Crippen LogP) is 1.72. The molecular weight excluding hydrogens is 195 g/mol. The molecule has 15 heavy (non-hydrogen) atoms. The topological polar surface area (TPSA) is 38.0 Å². The van der Waals surface area contributed by atoms with Crippen LogP contribution in [0.15, 0.2) is 30.3 Å². The van der Waals surface area contributed by atoms with Crippen molar-refractivity contribution < 1.29 is 9.50 Å². The molecule has 0 spiro atoms. The van der Waals surface area contributed by atoms with Gasteiger partial charge in [-0.3, -0.25) is 4.68 Å². The van der Waals surface area contributed by atoms with E-state index in [0.717, 1.165) is 0 Å². The van der Waals surface area contributed by atoms with Crippen molar-refractivity contribution in [2.75, 3.05) is 0 Å². The maximum Gasteiger partial charge on any atom is 0.123 e. The molecule has 1 N–H and O–H groups in total. The van der Waals surface area contributed by atoms with Gasteiger partial charge in [-0.25, -0.2) is 4.39 Å². The Labute approximate surface area is 86.8 Å². The van der Waals surface area contributed by atoms with Crippen molar-refractivity contribution in [3.05, 3.63) is 41.8 Å². The molecule has 0 fully saturated rings. The number of hydrogen-bond acceptors (Lipinski definition) is 2. The van der Waals surface area contributed by atoms with E-state index in [9.17, 15) is 4.39 Å². The predicted molar refractivity (Wildman–Crippen MR) is 54.5 cm³/mol. The summed E-state index contributed by atoms with van der Waals surface area (Å²) in [6.45, 7) is -0.0706. The van der Waals surface area contributed by atoms with Crippen molar-refractivity contribution in [3.63, 3.8) is 0 Å². The van der Waals surface area contributed by atoms with Gasteiger partial charge in [0.1, 0.15) is 5.82 Å². The molecule has 0 radical (unpaired) electrons. The Bertz CT molecular complexity index is 479. The minimum atomic E-state index is -0.288. The van der Waals surface area contributed by atoms with Gasteiger partial charge in [0.05, 0.1) is 18.0 Å². The Balaban J connectivity index is 2.45. The third kappa shape index (κ3) is 1.89. The highest BCUT2D eigenvalue weighted by Crippen LogP contribution is 2.19. The van der Waals surface area contributed by atoms with Crippen LogP contribution in [0.25, 0.3) is 11.3 Å². The molecule has 3 nitrogen and oxygen atoms in total. The van der Waals surface area contributed by atoms with Gasteiger partial charge in [-0.05, 0) is 18.2 Å². The third-order valence-electron chi connectivity index (χ3n) is 2.26. The number of aryl methyl sites for hydroxylation is 1. The third-order valence-corrected chi connectivity index (χ3v) is 2.26. The van der Waals surface area contributed by atoms with Crippen molar-refractivity contribution >= 4 is 0 Å². The molecule has 0 aliphatic heterocycles. The fourth-order valence-corrected chi connectivity index (χ4v) is 1.44. The van der Waals surface area contributed by atoms with Crippen LogP contribution in [0.2, 0.25) is 0 Å². The summed E-state index contributed by atoms with van der Waals surface area (Å²) in [5.74, 6) is -0.288. The second kappa shape index (κ2) is 3.82. The summed E-state index contributed by atoms with van der Waals surface area (Å²) >= 11 is 0. The molecule has 4 heteroatoms. The van der Waals surface area contributed by atoms with Crippen molar-refractivity contribution in [3.8, 4) is 11.3 Å². The van der Waals surface area contributed by atoms with E-state index in [1.807, 2.05) is 0 Å². The lowest BCUT2D eigenvalue weighted by atomic mass is 10.1. The van der Waals surface area contributed by atoms with E-state index in [0.29, 0.717) is 17.0 Å². The molecular formula is C11H11FN2O. The Morgan fingerprint density at radius 3 is 2.80 bits per heavy atom. The van der Waals surface area contributed by atoms with E-state index in [2.05, 4.69) is 5.10 Å². The first-order chi connectivity index (χ1) is 7.20. The zero-order valence-corrected chi connectivity index (χ0v) is 8.31. The normalized spacial score (nSPS) is 10.6. The minimum Gasteiger partial charge on any atom is -0.390 e. The van der Waals surface area contributed by atoms with Gasteiger partial charge in [-0.15, -0.1) is 0 Å². The Morgan fingerprint density at radius 1 is 1.40 bits per heavy atom. The number of halogens is 1. The minimum absolute atomic E-state index is 0.0706. The van der Waals surface area contributed by atoms with Gasteiger partial charge in [0.2, 0.25) is 0 Å². The van der Waals surface area contributed by atoms with Gasteiger partial charge in [-0.2, -0.15) is 5.10 Å². The summed E-state index contributed by atoms with van der Waals surface area (Å²) in [4.78, 5) is 0. The molecule has 0 aliphatic rings. The van der Waals surface area contributed by atoms with Crippen LogP contribution in [0.3, 0.4) is 0 Å². The number of hydrogen-bond donors (Lipinski definition) is 1. The van der Waals surface area contributed by atoms with Crippen LogP contribution in [0, 0.1) is 5.82 Å². The van der Waals surface area contributed by atoms with Gasteiger partial charge in [0.15, 0.2) is 0 Å². The summed E-state index contributed by atoms with van der Waals surface area (Å²) in [6, 6.07) is 7.97. The van der Waals surface area contributed by atoms with Crippen molar-refractivity contribution in [1.29, 1.82) is 0 Å². The number of aliphatic hydroxyl groups is 1. The smallest absolute Gasteiger partial charge is 0.123 e. The molecule has 1 aromatic heterocycles. The standard InChI is InChI=1S/C11H11FN2O/c1-14-10(7-15)6-11(13-14)8-3-2-4-9(12)5-8/h2-6,15H,7H2,1H3. The number of nitrogens with zero attached hydrogens (tertiary/aromatic N) is 2. The van der Waals surface area contributed by atoms with Crippen molar-refractivity contribution in [2.24, 2.45) is 7.05 Å². The highest BCUT2D eigenvalue weighted by Gasteiger charge is 2.06. The molecule has 0 aliphatic carbocycles. The SMILES string of the molecule is Cn1nc(-c2cccc(F)c2)cc1CO. The lowest BCUT2D eigenvalue weighted by molar-refractivity contribution is 0.270. The number of rotatable bonds is 2. The number of aromatic nitrogens is 2. The maximum absolute atomic E-state index is 13.0. The number of benzene rings is 1. The monoisotopic (exact) mass is 206 g/mol. The van der Waals surface area contributed by atoms with E-state index in [1.165, 1.54) is 12.1 Å². The van der Waals surface area contributed by atoms with E-state index in [4.69, 9.17) is 5.11 Å². The van der Waals surface area contributed by atoms with E-state index in [-0.39, 0.29) is 12.4 Å². The highest BCUT2D eigenvalue weighted by molar-refractivity contribution is 5.59. The van der Waals surface area contributed by atoms with E-state index < -0.39 is 0 Å². The Morgan fingerprint density at radius 2 is 2.20 bits per heavy atom. The zero-order chi connectivity index (χ0) is 10.8. The summed E-state index contributed by atoms with van der Waals surface area (Å²) in [6.07, 6.45) is 0. The first kappa shape index (κ1) is 9.86. The van der Waals surface area contributed by atoms with Crippen LogP contribution in [0.5, 0.6) is 0 Å². The van der Waals surface area contributed by atoms with Crippen LogP contribution in [-0.2, 0) is 13.7 Å². The Hall–Kier alpha value is -1.68. The molecule has 0 atom stereocenters. The van der Waals surface area contributed by atoms with Crippen LogP contribution >= 0.6 is 0 Å². The average Bonchev–Trinajstić information content (AvgIpc) is 2.60. The van der Waals surface area contributed by atoms with E-state index >= 15 is 0 Å². The highest BCUT2D eigenvalue weighted by atomic mass is 19.1. The molecule has 0 amide bonds. The molecule has 0 unspecified atom stereocenters. The molecule has 0 saturated heterocycles. The van der Waals surface area contributed by atoms with Crippen molar-refractivity contribution in [1.82, 2.24) is 9.78 Å². The van der Waals surface area contributed by atoms with Crippen LogP contribution in [-0.4, -0.2) is 14.9 Å². The quantitative estimate of drug-likeness (QED) is 0.812. The second-order valence-corrected chi connectivity index (χ2v) is 3.31. The van der Waals surface area contributed by atoms with Gasteiger partial charge < -0.3 is 5.11 Å². The maximum atomic E-state index is 13.0. The Kier molecular flexibility index (Phi) is 2.51. The molecule has 0 bridgehead atoms. The summed E-state index contributed by atoms with van der Waals surface area (Å²) in [5.41, 5.74) is 2.08. The summed E-state index contributed by atoms with van der Waals surface area (Å²) in [5, 5.41) is 13.2. The van der Waals surface area contributed by atoms with Gasteiger partial charge in [0, 0.05) is 12.6 Å². The summed E-state index contributed by atoms with van der Waals surface area (Å²) in [7, 11) is 1.74. The van der Waals surface area contributed by atoms with Crippen molar-refractivity contribution in [2.45, 2.75) is 6.61 Å². The number of aliphatic hydroxyl groups excluding tert-OH is 1. The van der Waals surface area contributed by atoms with Gasteiger partial charge in [0.25, 0.3) is 0 Å². The zero-order valence-electron chi connectivity index (χ0n) is 8.31. The molecule has 1 aromatic carbocycles. The molecule has 0 saturated carbocycles. The summed E-state index contributed by atoms with van der Waals surface area (Å²) < 4.78 is 14.5. The van der Waals surface area contributed by atoms with Crippen LogP contribution < -0.4 is 0 Å². The lowest BCUT2D eigenvalue weighted by Crippen LogP contribution is -1.96. The fraction of sp³-hybridized carbons (Fsp3) is 0.182. The first-order valence-corrected chi connectivity index (χ1v) is 4.60. The molecule has 78 valence electrons. The van der Waals surface area contributed by atoms with Gasteiger partial charge in [-0.1, -0.05) is 12.1 Å². The first-order valence-electron chi connectivity index (χ1n) is 4.60. The average molecular weight is 206 g/mol.